The molecule has 0 fully saturated rings. The highest BCUT2D eigenvalue weighted by Crippen LogP contribution is 2.48. The summed E-state index contributed by atoms with van der Waals surface area (Å²) in [4.78, 5) is 2.55. The van der Waals surface area contributed by atoms with Crippen molar-refractivity contribution in [1.82, 2.24) is 0 Å². The van der Waals surface area contributed by atoms with Gasteiger partial charge in [0.2, 0.25) is 0 Å². The van der Waals surface area contributed by atoms with Gasteiger partial charge in [0.15, 0.2) is 0 Å². The van der Waals surface area contributed by atoms with Crippen molar-refractivity contribution < 1.29 is 0 Å². The molecule has 1 nitrogen and oxygen atoms in total. The number of allylic oxidation sites excluding steroid dienone is 4. The predicted octanol–water partition coefficient (Wildman–Crippen LogP) is 16.7. The Morgan fingerprint density at radius 3 is 1.29 bits per heavy atom. The third-order valence-corrected chi connectivity index (χ3v) is 12.2. The van der Waals surface area contributed by atoms with E-state index in [2.05, 4.69) is 261 Å². The molecule has 0 aromatic heterocycles. The minimum Gasteiger partial charge on any atom is -0.313 e. The van der Waals surface area contributed by atoms with E-state index in [4.69, 9.17) is 0 Å². The molecule has 1 heteroatoms. The van der Waals surface area contributed by atoms with Crippen molar-refractivity contribution in [2.24, 2.45) is 5.92 Å². The Morgan fingerprint density at radius 2 is 0.742 bits per heavy atom. The van der Waals surface area contributed by atoms with Crippen LogP contribution in [0.2, 0.25) is 0 Å². The molecule has 0 saturated carbocycles. The third kappa shape index (κ3) is 7.85. The second kappa shape index (κ2) is 17.5. The lowest BCUT2D eigenvalue weighted by atomic mass is 9.81. The Balaban J connectivity index is 1.17. The van der Waals surface area contributed by atoms with Crippen LogP contribution in [0.1, 0.15) is 24.5 Å². The van der Waals surface area contributed by atoms with Crippen LogP contribution in [-0.4, -0.2) is 0 Å². The average molecular weight is 794 g/mol. The number of benzene rings is 9. The van der Waals surface area contributed by atoms with Crippen LogP contribution in [0, 0.1) is 5.92 Å². The fraction of sp³-hybridized carbons (Fsp3) is 0.0492. The zero-order chi connectivity index (χ0) is 41.7. The van der Waals surface area contributed by atoms with Gasteiger partial charge in [0, 0.05) is 22.5 Å². The maximum atomic E-state index is 2.55. The summed E-state index contributed by atoms with van der Waals surface area (Å²) in [5, 5.41) is 0. The summed E-state index contributed by atoms with van der Waals surface area (Å²) in [6, 6.07) is 88.0. The zero-order valence-electron chi connectivity index (χ0n) is 34.9. The van der Waals surface area contributed by atoms with Crippen LogP contribution in [0.3, 0.4) is 0 Å². The molecule has 1 unspecified atom stereocenters. The third-order valence-electron chi connectivity index (χ3n) is 12.2. The molecular formula is C61H47N. The van der Waals surface area contributed by atoms with E-state index in [9.17, 15) is 0 Å². The second-order valence-corrected chi connectivity index (χ2v) is 16.1. The van der Waals surface area contributed by atoms with Crippen molar-refractivity contribution in [3.8, 4) is 55.6 Å². The highest BCUT2D eigenvalue weighted by Gasteiger charge is 2.29. The summed E-state index contributed by atoms with van der Waals surface area (Å²) in [6.45, 7) is 2.38. The van der Waals surface area contributed by atoms with Crippen LogP contribution < -0.4 is 4.90 Å². The van der Waals surface area contributed by atoms with Gasteiger partial charge in [-0.05, 0) is 116 Å². The van der Waals surface area contributed by atoms with Gasteiger partial charge in [0.1, 0.15) is 0 Å². The summed E-state index contributed by atoms with van der Waals surface area (Å²) in [5.74, 6) is 0.282. The lowest BCUT2D eigenvalue weighted by molar-refractivity contribution is 0.719. The van der Waals surface area contributed by atoms with Gasteiger partial charge >= 0.3 is 0 Å². The second-order valence-electron chi connectivity index (χ2n) is 16.1. The normalized spacial score (nSPS) is 13.7. The Bertz CT molecular complexity index is 2990. The minimum atomic E-state index is 0.282. The molecule has 1 aliphatic carbocycles. The SMILES string of the molecule is CC1CC(N(c2ccc(-c3ccc(-c4ccccc4)c(-c4ccccc4)c3)cc2)c2ccc(-c3ccccc3)cc2-c2ccccc2)=C(c2ccccc2)C=C1c1ccccc1. The summed E-state index contributed by atoms with van der Waals surface area (Å²) >= 11 is 0. The summed E-state index contributed by atoms with van der Waals surface area (Å²) in [7, 11) is 0. The quantitative estimate of drug-likeness (QED) is 0.133. The van der Waals surface area contributed by atoms with Crippen LogP contribution in [0.4, 0.5) is 11.4 Å². The summed E-state index contributed by atoms with van der Waals surface area (Å²) < 4.78 is 0. The summed E-state index contributed by atoms with van der Waals surface area (Å²) in [5.41, 5.74) is 20.6. The molecule has 0 heterocycles. The Morgan fingerprint density at radius 1 is 0.339 bits per heavy atom. The number of hydrogen-bond donors (Lipinski definition) is 0. The Hall–Kier alpha value is -7.74. The molecule has 0 N–H and O–H groups in total. The standard InChI is InChI=1S/C61H47N/c1-44-40-61(59(51-30-18-7-19-31-51)43-56(44)48-24-12-4-13-25-48)62(60-39-35-53(45-20-8-2-9-21-45)42-58(60)50-28-16-6-17-29-50)54-36-32-46(33-37-54)52-34-38-55(47-22-10-3-11-23-47)57(41-52)49-26-14-5-15-27-49/h2-39,41-44H,40H2,1H3. The molecule has 296 valence electrons. The van der Waals surface area contributed by atoms with Gasteiger partial charge in [-0.15, -0.1) is 0 Å². The van der Waals surface area contributed by atoms with Crippen LogP contribution >= 0.6 is 0 Å². The minimum absolute atomic E-state index is 0.282. The first kappa shape index (κ1) is 38.5. The fourth-order valence-electron chi connectivity index (χ4n) is 9.05. The fourth-order valence-corrected chi connectivity index (χ4v) is 9.05. The van der Waals surface area contributed by atoms with Crippen molar-refractivity contribution >= 4 is 22.5 Å². The van der Waals surface area contributed by atoms with Crippen LogP contribution in [0.25, 0.3) is 66.8 Å². The van der Waals surface area contributed by atoms with Crippen molar-refractivity contribution in [2.75, 3.05) is 4.90 Å². The topological polar surface area (TPSA) is 3.24 Å². The monoisotopic (exact) mass is 793 g/mol. The highest BCUT2D eigenvalue weighted by molar-refractivity contribution is 5.96. The van der Waals surface area contributed by atoms with E-state index >= 15 is 0 Å². The van der Waals surface area contributed by atoms with Gasteiger partial charge in [-0.1, -0.05) is 219 Å². The molecule has 10 rings (SSSR count). The van der Waals surface area contributed by atoms with Gasteiger partial charge in [0.25, 0.3) is 0 Å². The van der Waals surface area contributed by atoms with Crippen molar-refractivity contribution in [1.29, 1.82) is 0 Å². The Kier molecular flexibility index (Phi) is 10.8. The smallest absolute Gasteiger partial charge is 0.0537 e. The first-order valence-electron chi connectivity index (χ1n) is 21.6. The molecule has 62 heavy (non-hydrogen) atoms. The van der Waals surface area contributed by atoms with E-state index in [1.165, 1.54) is 83.6 Å². The molecule has 1 aliphatic rings. The van der Waals surface area contributed by atoms with E-state index in [0.29, 0.717) is 0 Å². The number of anilines is 2. The van der Waals surface area contributed by atoms with Gasteiger partial charge in [-0.2, -0.15) is 0 Å². The number of rotatable bonds is 10. The molecule has 0 spiro atoms. The van der Waals surface area contributed by atoms with Gasteiger partial charge in [-0.25, -0.2) is 0 Å². The van der Waals surface area contributed by atoms with Gasteiger partial charge < -0.3 is 4.90 Å². The Labute approximate surface area is 366 Å². The molecule has 9 aromatic rings. The van der Waals surface area contributed by atoms with Crippen LogP contribution in [0.5, 0.6) is 0 Å². The first-order valence-corrected chi connectivity index (χ1v) is 21.6. The summed E-state index contributed by atoms with van der Waals surface area (Å²) in [6.07, 6.45) is 3.32. The van der Waals surface area contributed by atoms with Crippen molar-refractivity contribution in [2.45, 2.75) is 13.3 Å². The highest BCUT2D eigenvalue weighted by atomic mass is 15.2. The van der Waals surface area contributed by atoms with Crippen LogP contribution in [-0.2, 0) is 0 Å². The van der Waals surface area contributed by atoms with E-state index in [1.54, 1.807) is 0 Å². The molecular weight excluding hydrogens is 747 g/mol. The number of hydrogen-bond acceptors (Lipinski definition) is 1. The molecule has 0 bridgehead atoms. The van der Waals surface area contributed by atoms with E-state index in [-0.39, 0.29) is 5.92 Å². The maximum absolute atomic E-state index is 2.55. The van der Waals surface area contributed by atoms with E-state index < -0.39 is 0 Å². The average Bonchev–Trinajstić information content (AvgIpc) is 3.36. The predicted molar refractivity (Wildman–Crippen MR) is 264 cm³/mol. The van der Waals surface area contributed by atoms with E-state index in [1.807, 2.05) is 0 Å². The molecule has 0 saturated heterocycles. The molecule has 1 atom stereocenters. The zero-order valence-corrected chi connectivity index (χ0v) is 34.9. The first-order chi connectivity index (χ1) is 30.7. The number of nitrogens with zero attached hydrogens (tertiary/aromatic N) is 1. The van der Waals surface area contributed by atoms with Gasteiger partial charge in [0.05, 0.1) is 5.69 Å². The van der Waals surface area contributed by atoms with Crippen LogP contribution in [0.15, 0.2) is 254 Å². The maximum Gasteiger partial charge on any atom is 0.0537 e. The van der Waals surface area contributed by atoms with Crippen molar-refractivity contribution in [3.63, 3.8) is 0 Å². The largest absolute Gasteiger partial charge is 0.313 e. The van der Waals surface area contributed by atoms with Crippen molar-refractivity contribution in [3.05, 3.63) is 266 Å². The van der Waals surface area contributed by atoms with Gasteiger partial charge in [-0.3, -0.25) is 0 Å². The lowest BCUT2D eigenvalue weighted by Gasteiger charge is -2.36. The van der Waals surface area contributed by atoms with E-state index in [0.717, 1.165) is 17.8 Å². The molecule has 0 amide bonds. The molecule has 0 aliphatic heterocycles. The lowest BCUT2D eigenvalue weighted by Crippen LogP contribution is -2.23. The molecule has 9 aromatic carbocycles. The molecule has 0 radical (unpaired) electrons.